The highest BCUT2D eigenvalue weighted by atomic mass is 16.5. The van der Waals surface area contributed by atoms with Crippen LogP contribution in [-0.2, 0) is 0 Å². The minimum absolute atomic E-state index is 0.552. The molecule has 0 saturated carbocycles. The second-order valence-electron chi connectivity index (χ2n) is 5.24. The summed E-state index contributed by atoms with van der Waals surface area (Å²) < 4.78 is 32.2. The Bertz CT molecular complexity index is 757. The fourth-order valence-corrected chi connectivity index (χ4v) is 2.57. The van der Waals surface area contributed by atoms with Crippen LogP contribution in [0.3, 0.4) is 0 Å². The Hall–Kier alpha value is -3.02. The standard InChI is InChI=1S/C20H24O6/c1-21-15-12-17(23-3)16(22-2)11-14(15)8-7-13-9-18(24-4)20(26-6)19(10-13)25-5/h7-12H,1-6H3. The molecule has 0 unspecified atom stereocenters. The number of methoxy groups -OCH3 is 6. The van der Waals surface area contributed by atoms with Gasteiger partial charge in [-0.05, 0) is 23.8 Å². The number of ether oxygens (including phenoxy) is 6. The van der Waals surface area contributed by atoms with Gasteiger partial charge in [-0.15, -0.1) is 0 Å². The van der Waals surface area contributed by atoms with Crippen molar-refractivity contribution in [3.05, 3.63) is 35.4 Å². The van der Waals surface area contributed by atoms with Gasteiger partial charge >= 0.3 is 0 Å². The molecule has 140 valence electrons. The molecule has 0 aliphatic heterocycles. The lowest BCUT2D eigenvalue weighted by molar-refractivity contribution is 0.324. The van der Waals surface area contributed by atoms with Crippen LogP contribution in [0.5, 0.6) is 34.5 Å². The zero-order valence-corrected chi connectivity index (χ0v) is 15.9. The first-order chi connectivity index (χ1) is 12.6. The van der Waals surface area contributed by atoms with Crippen LogP contribution in [0.25, 0.3) is 12.2 Å². The van der Waals surface area contributed by atoms with Gasteiger partial charge in [-0.3, -0.25) is 0 Å². The third kappa shape index (κ3) is 3.96. The fourth-order valence-electron chi connectivity index (χ4n) is 2.57. The Labute approximate surface area is 153 Å². The van der Waals surface area contributed by atoms with Crippen molar-refractivity contribution in [2.24, 2.45) is 0 Å². The van der Waals surface area contributed by atoms with E-state index in [-0.39, 0.29) is 0 Å². The molecule has 2 rings (SSSR count). The maximum atomic E-state index is 5.45. The van der Waals surface area contributed by atoms with Crippen LogP contribution >= 0.6 is 0 Å². The Morgan fingerprint density at radius 3 is 1.46 bits per heavy atom. The Balaban J connectivity index is 2.46. The molecule has 2 aromatic carbocycles. The molecule has 0 saturated heterocycles. The lowest BCUT2D eigenvalue weighted by Gasteiger charge is -2.13. The number of hydrogen-bond donors (Lipinski definition) is 0. The molecule has 0 heterocycles. The summed E-state index contributed by atoms with van der Waals surface area (Å²) in [5.74, 6) is 3.63. The van der Waals surface area contributed by atoms with E-state index in [1.165, 1.54) is 0 Å². The van der Waals surface area contributed by atoms with E-state index in [0.29, 0.717) is 34.5 Å². The highest BCUT2D eigenvalue weighted by molar-refractivity contribution is 5.76. The summed E-state index contributed by atoms with van der Waals surface area (Å²) in [6.45, 7) is 0. The molecule has 6 nitrogen and oxygen atoms in total. The van der Waals surface area contributed by atoms with Crippen molar-refractivity contribution in [1.82, 2.24) is 0 Å². The van der Waals surface area contributed by atoms with Crippen molar-refractivity contribution in [1.29, 1.82) is 0 Å². The summed E-state index contributed by atoms with van der Waals surface area (Å²) in [6, 6.07) is 7.37. The zero-order valence-electron chi connectivity index (χ0n) is 15.9. The van der Waals surface area contributed by atoms with E-state index in [4.69, 9.17) is 28.4 Å². The highest BCUT2D eigenvalue weighted by Crippen LogP contribution is 2.39. The molecule has 0 aromatic heterocycles. The summed E-state index contributed by atoms with van der Waals surface area (Å²) in [6.07, 6.45) is 3.84. The Morgan fingerprint density at radius 1 is 0.500 bits per heavy atom. The van der Waals surface area contributed by atoms with Gasteiger partial charge in [-0.1, -0.05) is 12.2 Å². The van der Waals surface area contributed by atoms with E-state index in [1.54, 1.807) is 48.7 Å². The van der Waals surface area contributed by atoms with E-state index >= 15 is 0 Å². The third-order valence-electron chi connectivity index (χ3n) is 3.88. The maximum Gasteiger partial charge on any atom is 0.203 e. The highest BCUT2D eigenvalue weighted by Gasteiger charge is 2.13. The minimum Gasteiger partial charge on any atom is -0.496 e. The predicted molar refractivity (Wildman–Crippen MR) is 101 cm³/mol. The molecule has 0 fully saturated rings. The molecule has 2 aromatic rings. The van der Waals surface area contributed by atoms with Crippen LogP contribution < -0.4 is 28.4 Å². The third-order valence-corrected chi connectivity index (χ3v) is 3.88. The lowest BCUT2D eigenvalue weighted by atomic mass is 10.1. The molecule has 0 radical (unpaired) electrons. The topological polar surface area (TPSA) is 55.4 Å². The summed E-state index contributed by atoms with van der Waals surface area (Å²) in [5.41, 5.74) is 1.73. The molecule has 0 spiro atoms. The van der Waals surface area contributed by atoms with Gasteiger partial charge in [0.05, 0.1) is 42.7 Å². The van der Waals surface area contributed by atoms with Crippen molar-refractivity contribution < 1.29 is 28.4 Å². The zero-order chi connectivity index (χ0) is 19.1. The molecule has 0 aliphatic rings. The van der Waals surface area contributed by atoms with Crippen LogP contribution in [0.2, 0.25) is 0 Å². The monoisotopic (exact) mass is 360 g/mol. The predicted octanol–water partition coefficient (Wildman–Crippen LogP) is 3.91. The SMILES string of the molecule is COc1cc(OC)c(OC)cc1C=Cc1cc(OC)c(OC)c(OC)c1. The lowest BCUT2D eigenvalue weighted by Crippen LogP contribution is -1.96. The second-order valence-corrected chi connectivity index (χ2v) is 5.24. The van der Waals surface area contributed by atoms with Crippen molar-refractivity contribution in [3.8, 4) is 34.5 Å². The van der Waals surface area contributed by atoms with E-state index in [2.05, 4.69) is 0 Å². The number of rotatable bonds is 8. The van der Waals surface area contributed by atoms with Crippen LogP contribution in [0.15, 0.2) is 24.3 Å². The first-order valence-electron chi connectivity index (χ1n) is 7.89. The summed E-state index contributed by atoms with van der Waals surface area (Å²) >= 11 is 0. The van der Waals surface area contributed by atoms with E-state index in [9.17, 15) is 0 Å². The van der Waals surface area contributed by atoms with Gasteiger partial charge in [0, 0.05) is 11.6 Å². The normalized spacial score (nSPS) is 10.5. The average Bonchev–Trinajstić information content (AvgIpc) is 2.70. The summed E-state index contributed by atoms with van der Waals surface area (Å²) in [5, 5.41) is 0. The van der Waals surface area contributed by atoms with Crippen molar-refractivity contribution in [3.63, 3.8) is 0 Å². The molecule has 0 bridgehead atoms. The molecule has 6 heteroatoms. The van der Waals surface area contributed by atoms with Crippen molar-refractivity contribution in [2.45, 2.75) is 0 Å². The second kappa shape index (κ2) is 8.89. The summed E-state index contributed by atoms with van der Waals surface area (Å²) in [7, 11) is 9.53. The van der Waals surface area contributed by atoms with Crippen molar-refractivity contribution in [2.75, 3.05) is 42.7 Å². The Morgan fingerprint density at radius 2 is 1.00 bits per heavy atom. The van der Waals surface area contributed by atoms with E-state index in [0.717, 1.165) is 11.1 Å². The van der Waals surface area contributed by atoms with Crippen LogP contribution in [0, 0.1) is 0 Å². The quantitative estimate of drug-likeness (QED) is 0.666. The van der Waals surface area contributed by atoms with Crippen LogP contribution in [0.4, 0.5) is 0 Å². The van der Waals surface area contributed by atoms with Gasteiger partial charge in [0.2, 0.25) is 5.75 Å². The Kier molecular flexibility index (Phi) is 6.60. The van der Waals surface area contributed by atoms with Crippen LogP contribution in [0.1, 0.15) is 11.1 Å². The fraction of sp³-hybridized carbons (Fsp3) is 0.300. The van der Waals surface area contributed by atoms with E-state index in [1.807, 2.05) is 30.4 Å². The number of benzene rings is 2. The van der Waals surface area contributed by atoms with Gasteiger partial charge in [0.1, 0.15) is 5.75 Å². The molecule has 0 amide bonds. The van der Waals surface area contributed by atoms with Gasteiger partial charge < -0.3 is 28.4 Å². The molecule has 0 aliphatic carbocycles. The minimum atomic E-state index is 0.552. The maximum absolute atomic E-state index is 5.45. The van der Waals surface area contributed by atoms with E-state index < -0.39 is 0 Å². The van der Waals surface area contributed by atoms with Gasteiger partial charge in [0.25, 0.3) is 0 Å². The van der Waals surface area contributed by atoms with Crippen molar-refractivity contribution >= 4 is 12.2 Å². The van der Waals surface area contributed by atoms with Gasteiger partial charge in [-0.2, -0.15) is 0 Å². The van der Waals surface area contributed by atoms with Crippen LogP contribution in [-0.4, -0.2) is 42.7 Å². The first-order valence-corrected chi connectivity index (χ1v) is 7.89. The largest absolute Gasteiger partial charge is 0.496 e. The molecule has 0 N–H and O–H groups in total. The average molecular weight is 360 g/mol. The smallest absolute Gasteiger partial charge is 0.203 e. The van der Waals surface area contributed by atoms with Gasteiger partial charge in [0.15, 0.2) is 23.0 Å². The first kappa shape index (κ1) is 19.3. The molecule has 0 atom stereocenters. The molecular weight excluding hydrogens is 336 g/mol. The summed E-state index contributed by atoms with van der Waals surface area (Å²) in [4.78, 5) is 0. The number of hydrogen-bond acceptors (Lipinski definition) is 6. The molecular formula is C20H24O6. The van der Waals surface area contributed by atoms with Gasteiger partial charge in [-0.25, -0.2) is 0 Å². The molecule has 26 heavy (non-hydrogen) atoms.